The Bertz CT molecular complexity index is 117. The molecule has 0 bridgehead atoms. The minimum atomic E-state index is 0.884. The molecule has 1 heteroatoms. The van der Waals surface area contributed by atoms with E-state index in [9.17, 15) is 0 Å². The maximum Gasteiger partial charge on any atom is 0.00997 e. The van der Waals surface area contributed by atoms with Gasteiger partial charge in [-0.3, -0.25) is 0 Å². The van der Waals surface area contributed by atoms with Crippen LogP contribution in [-0.4, -0.2) is 25.0 Å². The van der Waals surface area contributed by atoms with E-state index in [-0.39, 0.29) is 0 Å². The van der Waals surface area contributed by atoms with Crippen molar-refractivity contribution in [3.63, 3.8) is 0 Å². The van der Waals surface area contributed by atoms with Crippen LogP contribution in [0.1, 0.15) is 25.7 Å². The molecule has 1 spiro atoms. The Labute approximate surface area is 57.0 Å². The lowest BCUT2D eigenvalue weighted by molar-refractivity contribution is 0.107. The highest BCUT2D eigenvalue weighted by Crippen LogP contribution is 2.61. The summed E-state index contributed by atoms with van der Waals surface area (Å²) in [4.78, 5) is 2.36. The van der Waals surface area contributed by atoms with Gasteiger partial charge in [-0.15, -0.1) is 0 Å². The molecule has 2 fully saturated rings. The summed E-state index contributed by atoms with van der Waals surface area (Å²) in [6.45, 7) is 0. The van der Waals surface area contributed by atoms with Crippen molar-refractivity contribution >= 4 is 0 Å². The fraction of sp³-hybridized carbons (Fsp3) is 1.00. The Morgan fingerprint density at radius 3 is 2.11 bits per heavy atom. The Hall–Kier alpha value is -0.0400. The van der Waals surface area contributed by atoms with Gasteiger partial charge in [-0.05, 0) is 45.2 Å². The van der Waals surface area contributed by atoms with Crippen LogP contribution in [0.25, 0.3) is 0 Å². The second-order valence-electron chi connectivity index (χ2n) is 4.03. The largest absolute Gasteiger partial charge is 0.306 e. The van der Waals surface area contributed by atoms with Crippen LogP contribution in [0, 0.1) is 5.41 Å². The van der Waals surface area contributed by atoms with Crippen LogP contribution in [0.15, 0.2) is 0 Å². The fourth-order valence-electron chi connectivity index (χ4n) is 1.89. The van der Waals surface area contributed by atoms with Crippen LogP contribution < -0.4 is 0 Å². The molecule has 0 atom stereocenters. The molecular weight excluding hydrogens is 110 g/mol. The average molecular weight is 125 g/mol. The van der Waals surface area contributed by atoms with Crippen LogP contribution in [0.5, 0.6) is 0 Å². The summed E-state index contributed by atoms with van der Waals surface area (Å²) < 4.78 is 0. The van der Waals surface area contributed by atoms with Gasteiger partial charge in [0, 0.05) is 6.04 Å². The lowest BCUT2D eigenvalue weighted by atomic mass is 9.76. The second kappa shape index (κ2) is 1.51. The van der Waals surface area contributed by atoms with E-state index in [0.717, 1.165) is 11.5 Å². The van der Waals surface area contributed by atoms with E-state index in [0.29, 0.717) is 0 Å². The minimum absolute atomic E-state index is 0.884. The van der Waals surface area contributed by atoms with E-state index in [4.69, 9.17) is 0 Å². The standard InChI is InChI=1S/C8H15N/c1-9(2)7-5-8(6-7)3-4-8/h7H,3-6H2,1-2H3. The molecule has 0 N–H and O–H groups in total. The Morgan fingerprint density at radius 1 is 1.22 bits per heavy atom. The molecule has 0 aromatic carbocycles. The lowest BCUT2D eigenvalue weighted by Gasteiger charge is -2.40. The molecule has 0 heterocycles. The van der Waals surface area contributed by atoms with E-state index < -0.39 is 0 Å². The molecule has 0 saturated heterocycles. The number of rotatable bonds is 1. The van der Waals surface area contributed by atoms with Crippen molar-refractivity contribution in [2.24, 2.45) is 5.41 Å². The quantitative estimate of drug-likeness (QED) is 0.513. The number of hydrogen-bond donors (Lipinski definition) is 0. The van der Waals surface area contributed by atoms with Crippen LogP contribution in [0.4, 0.5) is 0 Å². The lowest BCUT2D eigenvalue weighted by Crippen LogP contribution is -2.41. The highest BCUT2D eigenvalue weighted by atomic mass is 15.1. The van der Waals surface area contributed by atoms with Gasteiger partial charge in [-0.1, -0.05) is 0 Å². The molecule has 0 amide bonds. The van der Waals surface area contributed by atoms with Crippen molar-refractivity contribution in [1.82, 2.24) is 4.90 Å². The third-order valence-corrected chi connectivity index (χ3v) is 3.02. The highest BCUT2D eigenvalue weighted by Gasteiger charge is 2.53. The SMILES string of the molecule is CN(C)C1CC2(CC2)C1. The molecule has 52 valence electrons. The maximum absolute atomic E-state index is 2.36. The zero-order valence-corrected chi connectivity index (χ0v) is 6.35. The highest BCUT2D eigenvalue weighted by molar-refractivity contribution is 5.06. The van der Waals surface area contributed by atoms with Crippen molar-refractivity contribution in [3.05, 3.63) is 0 Å². The Morgan fingerprint density at radius 2 is 1.78 bits per heavy atom. The molecule has 2 saturated carbocycles. The third kappa shape index (κ3) is 0.787. The maximum atomic E-state index is 2.36. The minimum Gasteiger partial charge on any atom is -0.306 e. The summed E-state index contributed by atoms with van der Waals surface area (Å²) in [5.41, 5.74) is 0.884. The monoisotopic (exact) mass is 125 g/mol. The van der Waals surface area contributed by atoms with E-state index in [1.54, 1.807) is 0 Å². The first-order valence-electron chi connectivity index (χ1n) is 3.88. The van der Waals surface area contributed by atoms with Gasteiger partial charge in [0.2, 0.25) is 0 Å². The third-order valence-electron chi connectivity index (χ3n) is 3.02. The van der Waals surface area contributed by atoms with Gasteiger partial charge in [0.05, 0.1) is 0 Å². The van der Waals surface area contributed by atoms with Crippen LogP contribution in [0.2, 0.25) is 0 Å². The summed E-state index contributed by atoms with van der Waals surface area (Å²) in [5, 5.41) is 0. The van der Waals surface area contributed by atoms with Crippen molar-refractivity contribution < 1.29 is 0 Å². The molecule has 1 nitrogen and oxygen atoms in total. The summed E-state index contributed by atoms with van der Waals surface area (Å²) in [6.07, 6.45) is 6.02. The zero-order chi connectivity index (χ0) is 6.48. The number of hydrogen-bond acceptors (Lipinski definition) is 1. The van der Waals surface area contributed by atoms with Gasteiger partial charge < -0.3 is 4.90 Å². The zero-order valence-electron chi connectivity index (χ0n) is 6.35. The van der Waals surface area contributed by atoms with Gasteiger partial charge >= 0.3 is 0 Å². The van der Waals surface area contributed by atoms with Crippen LogP contribution in [0.3, 0.4) is 0 Å². The number of nitrogens with zero attached hydrogens (tertiary/aromatic N) is 1. The van der Waals surface area contributed by atoms with Crippen LogP contribution in [-0.2, 0) is 0 Å². The van der Waals surface area contributed by atoms with Gasteiger partial charge in [0.1, 0.15) is 0 Å². The smallest absolute Gasteiger partial charge is 0.00997 e. The van der Waals surface area contributed by atoms with E-state index >= 15 is 0 Å². The normalized spacial score (nSPS) is 31.0. The molecule has 2 aliphatic carbocycles. The second-order valence-corrected chi connectivity index (χ2v) is 4.03. The fourth-order valence-corrected chi connectivity index (χ4v) is 1.89. The van der Waals surface area contributed by atoms with E-state index in [1.165, 1.54) is 25.7 Å². The topological polar surface area (TPSA) is 3.24 Å². The van der Waals surface area contributed by atoms with Crippen molar-refractivity contribution in [2.45, 2.75) is 31.7 Å². The van der Waals surface area contributed by atoms with Gasteiger partial charge in [0.25, 0.3) is 0 Å². The van der Waals surface area contributed by atoms with E-state index in [2.05, 4.69) is 19.0 Å². The van der Waals surface area contributed by atoms with Gasteiger partial charge in [-0.25, -0.2) is 0 Å². The predicted molar refractivity (Wildman–Crippen MR) is 38.4 cm³/mol. The molecule has 2 rings (SSSR count). The summed E-state index contributed by atoms with van der Waals surface area (Å²) in [7, 11) is 4.39. The molecule has 0 unspecified atom stereocenters. The summed E-state index contributed by atoms with van der Waals surface area (Å²) in [6, 6.07) is 0.924. The summed E-state index contributed by atoms with van der Waals surface area (Å²) >= 11 is 0. The molecule has 0 aromatic heterocycles. The molecular formula is C8H15N. The predicted octanol–water partition coefficient (Wildman–Crippen LogP) is 1.49. The first-order valence-corrected chi connectivity index (χ1v) is 3.88. The van der Waals surface area contributed by atoms with Gasteiger partial charge in [0.15, 0.2) is 0 Å². The first kappa shape index (κ1) is 5.72. The van der Waals surface area contributed by atoms with Crippen molar-refractivity contribution in [1.29, 1.82) is 0 Å². The van der Waals surface area contributed by atoms with Crippen molar-refractivity contribution in [2.75, 3.05) is 14.1 Å². The molecule has 0 aromatic rings. The Kier molecular flexibility index (Phi) is 0.963. The van der Waals surface area contributed by atoms with Gasteiger partial charge in [-0.2, -0.15) is 0 Å². The molecule has 0 radical (unpaired) electrons. The molecule has 0 aliphatic heterocycles. The summed E-state index contributed by atoms with van der Waals surface area (Å²) in [5.74, 6) is 0. The van der Waals surface area contributed by atoms with Crippen molar-refractivity contribution in [3.8, 4) is 0 Å². The molecule has 9 heavy (non-hydrogen) atoms. The first-order chi connectivity index (χ1) is 4.22. The van der Waals surface area contributed by atoms with E-state index in [1.807, 2.05) is 0 Å². The van der Waals surface area contributed by atoms with Crippen LogP contribution >= 0.6 is 0 Å². The molecule has 2 aliphatic rings. The average Bonchev–Trinajstić information content (AvgIpc) is 2.35. The Balaban J connectivity index is 1.83.